The van der Waals surface area contributed by atoms with Gasteiger partial charge in [-0.15, -0.1) is 0 Å². The van der Waals surface area contributed by atoms with E-state index in [0.717, 1.165) is 48.9 Å². The lowest BCUT2D eigenvalue weighted by Gasteiger charge is -2.31. The number of nitrogens with one attached hydrogen (secondary N) is 1. The van der Waals surface area contributed by atoms with Crippen molar-refractivity contribution in [3.63, 3.8) is 0 Å². The molecule has 2 unspecified atom stereocenters. The van der Waals surface area contributed by atoms with Crippen molar-refractivity contribution in [1.82, 2.24) is 10.1 Å². The molecule has 1 aromatic carbocycles. The predicted octanol–water partition coefficient (Wildman–Crippen LogP) is 7.60. The molecule has 5 nitrogen and oxygen atoms in total. The fourth-order valence-corrected chi connectivity index (χ4v) is 5.92. The maximum Gasteiger partial charge on any atom is 0.253 e. The average Bonchev–Trinajstić information content (AvgIpc) is 3.34. The minimum absolute atomic E-state index is 0.138. The maximum atomic E-state index is 12.2. The second kappa shape index (κ2) is 9.00. The molecular weight excluding hydrogens is 446 g/mol. The number of hydrogen-bond donors (Lipinski definition) is 1. The largest absolute Gasteiger partial charge is 0.334 e. The van der Waals surface area contributed by atoms with Gasteiger partial charge in [-0.1, -0.05) is 83.0 Å². The molecule has 1 N–H and O–H groups in total. The number of allylic oxidation sites excluding steroid dienone is 4. The zero-order chi connectivity index (χ0) is 25.7. The molecule has 1 amide bonds. The van der Waals surface area contributed by atoms with Crippen LogP contribution in [0.15, 0.2) is 46.5 Å². The second-order valence-corrected chi connectivity index (χ2v) is 13.4. The van der Waals surface area contributed by atoms with Crippen LogP contribution < -0.4 is 5.32 Å². The summed E-state index contributed by atoms with van der Waals surface area (Å²) in [7, 11) is 0. The van der Waals surface area contributed by atoms with Gasteiger partial charge in [0.2, 0.25) is 5.91 Å². The first-order valence-electron chi connectivity index (χ1n) is 13.6. The number of benzene rings is 1. The van der Waals surface area contributed by atoms with Gasteiger partial charge in [0.25, 0.3) is 5.89 Å². The topological polar surface area (TPSA) is 68.0 Å². The Morgan fingerprint density at radius 3 is 2.44 bits per heavy atom. The van der Waals surface area contributed by atoms with Gasteiger partial charge in [-0.2, -0.15) is 4.98 Å². The lowest BCUT2D eigenvalue weighted by Crippen LogP contribution is -2.27. The molecule has 1 aromatic heterocycles. The highest BCUT2D eigenvalue weighted by Gasteiger charge is 2.61. The van der Waals surface area contributed by atoms with E-state index in [1.165, 1.54) is 6.42 Å². The number of nitrogens with zero attached hydrogens (tertiary/aromatic N) is 2. The molecule has 0 aliphatic heterocycles. The minimum atomic E-state index is 0.138. The first kappa shape index (κ1) is 25.0. The zero-order valence-corrected chi connectivity index (χ0v) is 22.8. The van der Waals surface area contributed by atoms with Crippen LogP contribution in [0.3, 0.4) is 0 Å². The summed E-state index contributed by atoms with van der Waals surface area (Å²) in [5.74, 6) is 2.27. The number of carbonyl (C=O) groups is 1. The number of amides is 1. The summed E-state index contributed by atoms with van der Waals surface area (Å²) >= 11 is 0. The van der Waals surface area contributed by atoms with E-state index in [4.69, 9.17) is 9.51 Å². The highest BCUT2D eigenvalue weighted by atomic mass is 16.5. The smallest absolute Gasteiger partial charge is 0.253 e. The number of fused-ring (bicyclic) bond motifs is 1. The van der Waals surface area contributed by atoms with Crippen LogP contribution in [0.2, 0.25) is 0 Å². The van der Waals surface area contributed by atoms with Crippen LogP contribution in [-0.2, 0) is 11.2 Å². The molecule has 0 radical (unpaired) electrons. The summed E-state index contributed by atoms with van der Waals surface area (Å²) in [4.78, 5) is 17.0. The molecule has 0 spiro atoms. The molecule has 2 atom stereocenters. The first-order valence-corrected chi connectivity index (χ1v) is 13.6. The van der Waals surface area contributed by atoms with Crippen LogP contribution in [0, 0.1) is 28.1 Å². The monoisotopic (exact) mass is 487 g/mol. The number of hydrogen-bond acceptors (Lipinski definition) is 4. The number of carbonyl (C=O) groups excluding carboxylic acids is 1. The van der Waals surface area contributed by atoms with E-state index >= 15 is 0 Å². The normalized spacial score (nSPS) is 24.2. The van der Waals surface area contributed by atoms with E-state index in [-0.39, 0.29) is 28.1 Å². The Morgan fingerprint density at radius 1 is 1.11 bits per heavy atom. The summed E-state index contributed by atoms with van der Waals surface area (Å²) in [5, 5.41) is 7.34. The molecule has 36 heavy (non-hydrogen) atoms. The van der Waals surface area contributed by atoms with Crippen molar-refractivity contribution in [2.45, 2.75) is 86.5 Å². The van der Waals surface area contributed by atoms with Crippen LogP contribution >= 0.6 is 0 Å². The highest BCUT2D eigenvalue weighted by Crippen LogP contribution is 2.69. The molecule has 192 valence electrons. The van der Waals surface area contributed by atoms with E-state index in [2.05, 4.69) is 64.2 Å². The van der Waals surface area contributed by atoms with Crippen molar-refractivity contribution in [3.05, 3.63) is 59.3 Å². The van der Waals surface area contributed by atoms with E-state index in [1.54, 1.807) is 5.57 Å². The summed E-state index contributed by atoms with van der Waals surface area (Å²) < 4.78 is 5.80. The van der Waals surface area contributed by atoms with E-state index in [0.29, 0.717) is 24.1 Å². The van der Waals surface area contributed by atoms with Crippen molar-refractivity contribution < 1.29 is 9.32 Å². The molecule has 5 heteroatoms. The van der Waals surface area contributed by atoms with E-state index < -0.39 is 0 Å². The first-order chi connectivity index (χ1) is 16.9. The standard InChI is InChI=1S/C31H41N3O2/c1-29(2,3)17-22-12-13-23(18-31(19-25(22)31)30(4,5)6)28-33-26(34-36-28)16-20-10-14-24(15-11-20)32-27(35)21-8-7-9-21/h10-12,14-15,18,21,25H,7-9,13,16-17,19H2,1-6H3,(H,32,35). The van der Waals surface area contributed by atoms with Crippen LogP contribution in [0.1, 0.15) is 97.3 Å². The summed E-state index contributed by atoms with van der Waals surface area (Å²) in [6, 6.07) is 7.98. The lowest BCUT2D eigenvalue weighted by atomic mass is 9.73. The Bertz CT molecular complexity index is 1190. The molecule has 1 heterocycles. The Hall–Kier alpha value is -2.69. The maximum absolute atomic E-state index is 12.2. The second-order valence-electron chi connectivity index (χ2n) is 13.4. The van der Waals surface area contributed by atoms with Crippen molar-refractivity contribution in [3.8, 4) is 0 Å². The minimum Gasteiger partial charge on any atom is -0.334 e. The van der Waals surface area contributed by atoms with Crippen LogP contribution in [0.5, 0.6) is 0 Å². The SMILES string of the molecule is CC(C)(C)CC1=CCC(c2nc(Cc3ccc(NC(=O)C4CCC4)cc3)no2)=CC2(C(C)(C)C)CC12. The van der Waals surface area contributed by atoms with Gasteiger partial charge < -0.3 is 9.84 Å². The number of anilines is 1. The van der Waals surface area contributed by atoms with Gasteiger partial charge in [0.1, 0.15) is 0 Å². The molecule has 2 saturated carbocycles. The van der Waals surface area contributed by atoms with Crippen molar-refractivity contribution >= 4 is 17.2 Å². The third-order valence-electron chi connectivity index (χ3n) is 8.40. The quantitative estimate of drug-likeness (QED) is 0.426. The summed E-state index contributed by atoms with van der Waals surface area (Å²) in [6.07, 6.45) is 11.8. The van der Waals surface area contributed by atoms with Crippen molar-refractivity contribution in [2.24, 2.45) is 28.1 Å². The van der Waals surface area contributed by atoms with Crippen molar-refractivity contribution in [2.75, 3.05) is 5.32 Å². The molecule has 2 aromatic rings. The van der Waals surface area contributed by atoms with Gasteiger partial charge in [-0.3, -0.25) is 4.79 Å². The van der Waals surface area contributed by atoms with Crippen LogP contribution in [0.4, 0.5) is 5.69 Å². The van der Waals surface area contributed by atoms with Gasteiger partial charge in [0, 0.05) is 29.0 Å². The van der Waals surface area contributed by atoms with E-state index in [9.17, 15) is 4.79 Å². The Kier molecular flexibility index (Phi) is 6.25. The predicted molar refractivity (Wildman–Crippen MR) is 144 cm³/mol. The fraction of sp³-hybridized carbons (Fsp3) is 0.581. The van der Waals surface area contributed by atoms with Gasteiger partial charge in [0.15, 0.2) is 5.82 Å². The number of rotatable bonds is 6. The zero-order valence-electron chi connectivity index (χ0n) is 22.8. The third kappa shape index (κ3) is 5.07. The summed E-state index contributed by atoms with van der Waals surface area (Å²) in [5.41, 5.74) is 5.29. The van der Waals surface area contributed by atoms with Gasteiger partial charge in [-0.25, -0.2) is 0 Å². The van der Waals surface area contributed by atoms with Crippen molar-refractivity contribution in [1.29, 1.82) is 0 Å². The Morgan fingerprint density at radius 2 is 1.83 bits per heavy atom. The highest BCUT2D eigenvalue weighted by molar-refractivity contribution is 5.93. The third-order valence-corrected chi connectivity index (χ3v) is 8.40. The summed E-state index contributed by atoms with van der Waals surface area (Å²) in [6.45, 7) is 14.1. The molecule has 3 aliphatic carbocycles. The lowest BCUT2D eigenvalue weighted by molar-refractivity contribution is -0.122. The number of aromatic nitrogens is 2. The molecule has 3 aliphatic rings. The molecule has 0 saturated heterocycles. The van der Waals surface area contributed by atoms with E-state index in [1.807, 2.05) is 24.3 Å². The fourth-order valence-electron chi connectivity index (χ4n) is 5.92. The van der Waals surface area contributed by atoms with Crippen LogP contribution in [-0.4, -0.2) is 16.0 Å². The van der Waals surface area contributed by atoms with Gasteiger partial charge in [0.05, 0.1) is 0 Å². The van der Waals surface area contributed by atoms with Gasteiger partial charge in [-0.05, 0) is 66.5 Å². The molecule has 0 bridgehead atoms. The Labute approximate surface area is 215 Å². The van der Waals surface area contributed by atoms with Crippen LogP contribution in [0.25, 0.3) is 5.57 Å². The molecule has 5 rings (SSSR count). The Balaban J connectivity index is 1.30. The molecule has 2 fully saturated rings. The average molecular weight is 488 g/mol. The molecular formula is C31H41N3O2. The van der Waals surface area contributed by atoms with Gasteiger partial charge >= 0.3 is 0 Å².